The second-order valence-electron chi connectivity index (χ2n) is 6.20. The van der Waals surface area contributed by atoms with Crippen LogP contribution in [0.15, 0.2) is 17.7 Å². The van der Waals surface area contributed by atoms with E-state index in [1.54, 1.807) is 12.0 Å². The zero-order valence-electron chi connectivity index (χ0n) is 10.3. The molecular formula is C15H19Li. The summed E-state index contributed by atoms with van der Waals surface area (Å²) in [6, 6.07) is 0. The smallest absolute Gasteiger partial charge is 0.269 e. The summed E-state index contributed by atoms with van der Waals surface area (Å²) in [5.41, 5.74) is 1.59. The minimum absolute atomic E-state index is 0. The van der Waals surface area contributed by atoms with Gasteiger partial charge in [0.05, 0.1) is 0 Å². The van der Waals surface area contributed by atoms with E-state index >= 15 is 0 Å². The van der Waals surface area contributed by atoms with E-state index in [0.29, 0.717) is 0 Å². The van der Waals surface area contributed by atoms with Gasteiger partial charge in [-0.25, -0.2) is 11.6 Å². The zero-order valence-corrected chi connectivity index (χ0v) is 10.3. The predicted octanol–water partition coefficient (Wildman–Crippen LogP) is 0.752. The Kier molecular flexibility index (Phi) is 2.85. The topological polar surface area (TPSA) is 0 Å². The Hall–Kier alpha value is 0.0774. The maximum atomic E-state index is 3.59. The molecule has 80 valence electrons. The van der Waals surface area contributed by atoms with E-state index in [0.717, 1.165) is 36.0 Å². The molecule has 0 amide bonds. The Morgan fingerprint density at radius 3 is 2.06 bits per heavy atom. The summed E-state index contributed by atoms with van der Waals surface area (Å²) in [6.07, 6.45) is 17.1. The second kappa shape index (κ2) is 4.08. The van der Waals surface area contributed by atoms with Crippen LogP contribution in [0.5, 0.6) is 0 Å². The van der Waals surface area contributed by atoms with Gasteiger partial charge in [0, 0.05) is 0 Å². The number of allylic oxidation sites excluding steroid dienone is 4. The molecule has 4 bridgehead atoms. The van der Waals surface area contributed by atoms with Gasteiger partial charge in [-0.1, -0.05) is 0 Å². The molecule has 5 aliphatic carbocycles. The fourth-order valence-corrected chi connectivity index (χ4v) is 5.08. The third-order valence-corrected chi connectivity index (χ3v) is 5.31. The monoisotopic (exact) mass is 206 g/mol. The van der Waals surface area contributed by atoms with Crippen LogP contribution in [0, 0.1) is 35.7 Å². The molecule has 0 nitrogen and oxygen atoms in total. The minimum Gasteiger partial charge on any atom is -0.269 e. The molecule has 0 aromatic rings. The number of rotatable bonds is 1. The van der Waals surface area contributed by atoms with Crippen molar-refractivity contribution in [2.75, 3.05) is 0 Å². The van der Waals surface area contributed by atoms with Gasteiger partial charge >= 0.3 is 18.9 Å². The molecule has 4 fully saturated rings. The summed E-state index contributed by atoms with van der Waals surface area (Å²) in [5, 5.41) is 0. The van der Waals surface area contributed by atoms with Gasteiger partial charge in [0.2, 0.25) is 0 Å². The van der Waals surface area contributed by atoms with Crippen LogP contribution < -0.4 is 18.9 Å². The quantitative estimate of drug-likeness (QED) is 0.439. The summed E-state index contributed by atoms with van der Waals surface area (Å²) in [5.74, 6) is 5.19. The Labute approximate surface area is 111 Å². The van der Waals surface area contributed by atoms with Crippen molar-refractivity contribution in [2.24, 2.45) is 29.6 Å². The van der Waals surface area contributed by atoms with Gasteiger partial charge in [0.15, 0.2) is 0 Å². The van der Waals surface area contributed by atoms with E-state index in [2.05, 4.69) is 18.2 Å². The molecule has 0 N–H and O–H groups in total. The van der Waals surface area contributed by atoms with Crippen LogP contribution in [-0.4, -0.2) is 0 Å². The van der Waals surface area contributed by atoms with Gasteiger partial charge in [-0.05, 0) is 61.7 Å². The molecule has 0 saturated heterocycles. The van der Waals surface area contributed by atoms with Crippen molar-refractivity contribution < 1.29 is 18.9 Å². The fourth-order valence-electron chi connectivity index (χ4n) is 5.08. The maximum Gasteiger partial charge on any atom is 1.00 e. The van der Waals surface area contributed by atoms with Gasteiger partial charge in [-0.3, -0.25) is 6.08 Å². The van der Waals surface area contributed by atoms with E-state index in [1.165, 1.54) is 25.7 Å². The molecule has 0 atom stereocenters. The first-order chi connectivity index (χ1) is 7.40. The summed E-state index contributed by atoms with van der Waals surface area (Å²) < 4.78 is 0. The van der Waals surface area contributed by atoms with Gasteiger partial charge in [-0.15, -0.1) is 6.42 Å². The average molecular weight is 206 g/mol. The van der Waals surface area contributed by atoms with Crippen molar-refractivity contribution >= 4 is 0 Å². The molecule has 5 rings (SSSR count). The molecular weight excluding hydrogens is 187 g/mol. The van der Waals surface area contributed by atoms with Crippen LogP contribution in [0.3, 0.4) is 0 Å². The van der Waals surface area contributed by atoms with Crippen molar-refractivity contribution in [3.8, 4) is 0 Å². The molecule has 0 unspecified atom stereocenters. The molecule has 0 aromatic carbocycles. The maximum absolute atomic E-state index is 3.59. The SMILES string of the molecule is [C-]1=C(C2C3CC4CC(C3)CC2C4)C=CC1.[Li+]. The first-order valence-corrected chi connectivity index (χ1v) is 6.67. The first-order valence-electron chi connectivity index (χ1n) is 6.67. The molecule has 0 aromatic heterocycles. The molecule has 0 heterocycles. The minimum atomic E-state index is 0. The Balaban J connectivity index is 0.000000810. The number of hydrogen-bond donors (Lipinski definition) is 0. The summed E-state index contributed by atoms with van der Waals surface area (Å²) >= 11 is 0. The van der Waals surface area contributed by atoms with E-state index < -0.39 is 0 Å². The molecule has 16 heavy (non-hydrogen) atoms. The zero-order chi connectivity index (χ0) is 9.83. The van der Waals surface area contributed by atoms with Crippen LogP contribution >= 0.6 is 0 Å². The van der Waals surface area contributed by atoms with Crippen LogP contribution in [-0.2, 0) is 0 Å². The van der Waals surface area contributed by atoms with Crippen LogP contribution in [0.25, 0.3) is 0 Å². The molecule has 0 spiro atoms. The van der Waals surface area contributed by atoms with E-state index in [9.17, 15) is 0 Å². The standard InChI is InChI=1S/C15H19.Li/c1-2-4-12(3-1)15-13-6-10-5-11(8-13)9-14(15)7-10;/h1,3,10-11,13-15H,2,5-9H2;/q-1;+1. The van der Waals surface area contributed by atoms with Crippen molar-refractivity contribution in [3.05, 3.63) is 23.8 Å². The second-order valence-corrected chi connectivity index (χ2v) is 6.20. The van der Waals surface area contributed by atoms with Gasteiger partial charge in [-0.2, -0.15) is 6.08 Å². The molecule has 4 saturated carbocycles. The van der Waals surface area contributed by atoms with Gasteiger partial charge < -0.3 is 0 Å². The van der Waals surface area contributed by atoms with Crippen LogP contribution in [0.2, 0.25) is 0 Å². The third kappa shape index (κ3) is 1.58. The summed E-state index contributed by atoms with van der Waals surface area (Å²) in [4.78, 5) is 0. The molecule has 5 aliphatic rings. The summed E-state index contributed by atoms with van der Waals surface area (Å²) in [6.45, 7) is 0. The van der Waals surface area contributed by atoms with E-state index in [-0.39, 0.29) is 18.9 Å². The van der Waals surface area contributed by atoms with Crippen molar-refractivity contribution in [3.63, 3.8) is 0 Å². The number of hydrogen-bond acceptors (Lipinski definition) is 0. The fraction of sp³-hybridized carbons (Fsp3) is 0.733. The normalized spacial score (nSPS) is 48.0. The first kappa shape index (κ1) is 11.2. The predicted molar refractivity (Wildman–Crippen MR) is 61.0 cm³/mol. The van der Waals surface area contributed by atoms with Crippen molar-refractivity contribution in [2.45, 2.75) is 38.5 Å². The van der Waals surface area contributed by atoms with Crippen molar-refractivity contribution in [1.29, 1.82) is 0 Å². The van der Waals surface area contributed by atoms with Crippen LogP contribution in [0.4, 0.5) is 0 Å². The van der Waals surface area contributed by atoms with Crippen LogP contribution in [0.1, 0.15) is 38.5 Å². The summed E-state index contributed by atoms with van der Waals surface area (Å²) in [7, 11) is 0. The van der Waals surface area contributed by atoms with Gasteiger partial charge in [0.1, 0.15) is 0 Å². The Morgan fingerprint density at radius 2 is 1.56 bits per heavy atom. The van der Waals surface area contributed by atoms with Crippen molar-refractivity contribution in [1.82, 2.24) is 0 Å². The van der Waals surface area contributed by atoms with Gasteiger partial charge in [0.25, 0.3) is 0 Å². The molecule has 1 heteroatoms. The van der Waals surface area contributed by atoms with E-state index in [1.807, 2.05) is 0 Å². The Morgan fingerprint density at radius 1 is 0.938 bits per heavy atom. The third-order valence-electron chi connectivity index (χ3n) is 5.31. The van der Waals surface area contributed by atoms with E-state index in [4.69, 9.17) is 0 Å². The Bertz CT molecular complexity index is 311. The molecule has 0 radical (unpaired) electrons. The molecule has 0 aliphatic heterocycles. The average Bonchev–Trinajstić information content (AvgIpc) is 2.69. The largest absolute Gasteiger partial charge is 1.00 e.